The number of nitrogens with one attached hydrogen (secondary N) is 1. The molecule has 1 saturated heterocycles. The Labute approximate surface area is 95.5 Å². The molecule has 0 aliphatic carbocycles. The standard InChI is InChI=1S/C11H19N3S/c1-3-4-10-13-9(2)11(15-10)14-7-5-12-6-8-14/h12H,3-8H2,1-2H3. The van der Waals surface area contributed by atoms with Crippen molar-refractivity contribution in [3.05, 3.63) is 10.7 Å². The topological polar surface area (TPSA) is 28.2 Å². The summed E-state index contributed by atoms with van der Waals surface area (Å²) < 4.78 is 0. The highest BCUT2D eigenvalue weighted by molar-refractivity contribution is 7.15. The SMILES string of the molecule is CCCc1nc(C)c(N2CCNCC2)s1. The Bertz CT molecular complexity index is 316. The van der Waals surface area contributed by atoms with Crippen molar-refractivity contribution in [1.82, 2.24) is 10.3 Å². The van der Waals surface area contributed by atoms with Crippen molar-refractivity contribution < 1.29 is 0 Å². The van der Waals surface area contributed by atoms with Gasteiger partial charge >= 0.3 is 0 Å². The van der Waals surface area contributed by atoms with E-state index in [1.165, 1.54) is 22.1 Å². The normalized spacial score (nSPS) is 17.1. The fourth-order valence-electron chi connectivity index (χ4n) is 1.93. The second-order valence-corrected chi connectivity index (χ2v) is 5.05. The summed E-state index contributed by atoms with van der Waals surface area (Å²) in [6.45, 7) is 8.78. The largest absolute Gasteiger partial charge is 0.359 e. The molecule has 0 amide bonds. The van der Waals surface area contributed by atoms with Crippen LogP contribution >= 0.6 is 11.3 Å². The molecule has 0 spiro atoms. The predicted octanol–water partition coefficient (Wildman–Crippen LogP) is 1.81. The minimum atomic E-state index is 1.10. The lowest BCUT2D eigenvalue weighted by Crippen LogP contribution is -2.43. The second kappa shape index (κ2) is 4.94. The first-order valence-electron chi connectivity index (χ1n) is 5.73. The van der Waals surface area contributed by atoms with Crippen LogP contribution in [0.4, 0.5) is 5.00 Å². The van der Waals surface area contributed by atoms with Crippen molar-refractivity contribution in [3.63, 3.8) is 0 Å². The van der Waals surface area contributed by atoms with Crippen LogP contribution in [0.5, 0.6) is 0 Å². The highest BCUT2D eigenvalue weighted by atomic mass is 32.1. The van der Waals surface area contributed by atoms with E-state index < -0.39 is 0 Å². The van der Waals surface area contributed by atoms with Gasteiger partial charge in [0.25, 0.3) is 0 Å². The summed E-state index contributed by atoms with van der Waals surface area (Å²) >= 11 is 1.88. The maximum absolute atomic E-state index is 4.63. The average Bonchev–Trinajstić information content (AvgIpc) is 2.61. The van der Waals surface area contributed by atoms with Gasteiger partial charge in [0.1, 0.15) is 5.00 Å². The third-order valence-corrected chi connectivity index (χ3v) is 3.96. The highest BCUT2D eigenvalue weighted by Gasteiger charge is 2.16. The van der Waals surface area contributed by atoms with Crippen LogP contribution in [0.1, 0.15) is 24.0 Å². The van der Waals surface area contributed by atoms with E-state index in [0.29, 0.717) is 0 Å². The molecule has 0 saturated carbocycles. The molecule has 2 heterocycles. The molecule has 1 aromatic heterocycles. The van der Waals surface area contributed by atoms with Crippen molar-refractivity contribution in [2.75, 3.05) is 31.1 Å². The number of aromatic nitrogens is 1. The zero-order chi connectivity index (χ0) is 10.7. The van der Waals surface area contributed by atoms with E-state index >= 15 is 0 Å². The van der Waals surface area contributed by atoms with Gasteiger partial charge in [-0.05, 0) is 19.8 Å². The van der Waals surface area contributed by atoms with Crippen LogP contribution in [0, 0.1) is 6.92 Å². The van der Waals surface area contributed by atoms with Gasteiger partial charge in [-0.15, -0.1) is 11.3 Å². The summed E-state index contributed by atoms with van der Waals surface area (Å²) in [6, 6.07) is 0. The number of hydrogen-bond donors (Lipinski definition) is 1. The molecule has 84 valence electrons. The van der Waals surface area contributed by atoms with Crippen molar-refractivity contribution >= 4 is 16.3 Å². The summed E-state index contributed by atoms with van der Waals surface area (Å²) in [5, 5.41) is 6.06. The maximum atomic E-state index is 4.63. The monoisotopic (exact) mass is 225 g/mol. The third kappa shape index (κ3) is 2.49. The smallest absolute Gasteiger partial charge is 0.114 e. The molecule has 0 aromatic carbocycles. The van der Waals surface area contributed by atoms with Crippen molar-refractivity contribution in [2.45, 2.75) is 26.7 Å². The Morgan fingerprint density at radius 2 is 2.13 bits per heavy atom. The molecule has 0 bridgehead atoms. The van der Waals surface area contributed by atoms with E-state index in [-0.39, 0.29) is 0 Å². The van der Waals surface area contributed by atoms with E-state index in [9.17, 15) is 0 Å². The minimum absolute atomic E-state index is 1.10. The number of rotatable bonds is 3. The molecule has 1 fully saturated rings. The second-order valence-electron chi connectivity index (χ2n) is 3.99. The van der Waals surface area contributed by atoms with Crippen LogP contribution in [-0.4, -0.2) is 31.2 Å². The summed E-state index contributed by atoms with van der Waals surface area (Å²) in [4.78, 5) is 7.09. The third-order valence-electron chi connectivity index (χ3n) is 2.68. The van der Waals surface area contributed by atoms with Crippen LogP contribution in [-0.2, 0) is 6.42 Å². The molecule has 1 aliphatic heterocycles. The maximum Gasteiger partial charge on any atom is 0.114 e. The first-order valence-corrected chi connectivity index (χ1v) is 6.55. The highest BCUT2D eigenvalue weighted by Crippen LogP contribution is 2.28. The minimum Gasteiger partial charge on any atom is -0.359 e. The Kier molecular flexibility index (Phi) is 3.59. The molecule has 4 heteroatoms. The first kappa shape index (κ1) is 10.9. The van der Waals surface area contributed by atoms with Gasteiger partial charge in [0, 0.05) is 26.2 Å². The molecule has 1 N–H and O–H groups in total. The summed E-state index contributed by atoms with van der Waals surface area (Å²) in [7, 11) is 0. The number of anilines is 1. The Hall–Kier alpha value is -0.610. The van der Waals surface area contributed by atoms with Gasteiger partial charge < -0.3 is 10.2 Å². The Morgan fingerprint density at radius 3 is 2.80 bits per heavy atom. The molecule has 3 nitrogen and oxygen atoms in total. The van der Waals surface area contributed by atoms with Crippen molar-refractivity contribution in [3.8, 4) is 0 Å². The molecular weight excluding hydrogens is 206 g/mol. The van der Waals surface area contributed by atoms with Crippen LogP contribution in [0.2, 0.25) is 0 Å². The number of thiazole rings is 1. The number of nitrogens with zero attached hydrogens (tertiary/aromatic N) is 2. The molecule has 1 aliphatic rings. The molecular formula is C11H19N3S. The van der Waals surface area contributed by atoms with Gasteiger partial charge in [-0.25, -0.2) is 4.98 Å². The van der Waals surface area contributed by atoms with E-state index in [1.807, 2.05) is 11.3 Å². The van der Waals surface area contributed by atoms with Gasteiger partial charge in [-0.1, -0.05) is 6.92 Å². The molecule has 0 atom stereocenters. The molecule has 1 aromatic rings. The van der Waals surface area contributed by atoms with Crippen LogP contribution < -0.4 is 10.2 Å². The van der Waals surface area contributed by atoms with E-state index in [0.717, 1.165) is 32.6 Å². The molecule has 15 heavy (non-hydrogen) atoms. The lowest BCUT2D eigenvalue weighted by molar-refractivity contribution is 0.591. The average molecular weight is 225 g/mol. The van der Waals surface area contributed by atoms with Crippen LogP contribution in [0.25, 0.3) is 0 Å². The van der Waals surface area contributed by atoms with Gasteiger partial charge in [-0.2, -0.15) is 0 Å². The van der Waals surface area contributed by atoms with Gasteiger partial charge in [0.05, 0.1) is 10.7 Å². The summed E-state index contributed by atoms with van der Waals surface area (Å²) in [5.74, 6) is 0. The summed E-state index contributed by atoms with van der Waals surface area (Å²) in [6.07, 6.45) is 2.31. The van der Waals surface area contributed by atoms with Crippen molar-refractivity contribution in [2.24, 2.45) is 0 Å². The Morgan fingerprint density at radius 1 is 1.40 bits per heavy atom. The summed E-state index contributed by atoms with van der Waals surface area (Å²) in [5.41, 5.74) is 1.21. The lowest BCUT2D eigenvalue weighted by atomic mass is 10.3. The fourth-order valence-corrected chi connectivity index (χ4v) is 3.14. The van der Waals surface area contributed by atoms with Gasteiger partial charge in [0.2, 0.25) is 0 Å². The number of hydrogen-bond acceptors (Lipinski definition) is 4. The first-order chi connectivity index (χ1) is 7.31. The van der Waals surface area contributed by atoms with Gasteiger partial charge in [-0.3, -0.25) is 0 Å². The van der Waals surface area contributed by atoms with E-state index in [2.05, 4.69) is 29.0 Å². The van der Waals surface area contributed by atoms with Crippen LogP contribution in [0.3, 0.4) is 0 Å². The van der Waals surface area contributed by atoms with Crippen molar-refractivity contribution in [1.29, 1.82) is 0 Å². The predicted molar refractivity (Wildman–Crippen MR) is 65.9 cm³/mol. The lowest BCUT2D eigenvalue weighted by Gasteiger charge is -2.28. The molecule has 0 radical (unpaired) electrons. The van der Waals surface area contributed by atoms with E-state index in [4.69, 9.17) is 0 Å². The fraction of sp³-hybridized carbons (Fsp3) is 0.727. The zero-order valence-electron chi connectivity index (χ0n) is 9.55. The number of piperazine rings is 1. The number of aryl methyl sites for hydroxylation is 2. The molecule has 0 unspecified atom stereocenters. The van der Waals surface area contributed by atoms with E-state index in [1.54, 1.807) is 0 Å². The zero-order valence-corrected chi connectivity index (χ0v) is 10.4. The Balaban J connectivity index is 2.11. The van der Waals surface area contributed by atoms with Gasteiger partial charge in [0.15, 0.2) is 0 Å². The molecule has 2 rings (SSSR count). The van der Waals surface area contributed by atoms with Crippen LogP contribution in [0.15, 0.2) is 0 Å². The quantitative estimate of drug-likeness (QED) is 0.850.